The van der Waals surface area contributed by atoms with Gasteiger partial charge in [-0.1, -0.05) is 36.8 Å². The van der Waals surface area contributed by atoms with Crippen molar-refractivity contribution in [3.63, 3.8) is 0 Å². The highest BCUT2D eigenvalue weighted by molar-refractivity contribution is 7.22. The van der Waals surface area contributed by atoms with Crippen LogP contribution in [-0.2, 0) is 17.6 Å². The first-order chi connectivity index (χ1) is 15.1. The zero-order chi connectivity index (χ0) is 21.4. The molecule has 2 heterocycles. The van der Waals surface area contributed by atoms with Crippen LogP contribution in [0.3, 0.4) is 0 Å². The van der Waals surface area contributed by atoms with Crippen molar-refractivity contribution >= 4 is 43.8 Å². The molecule has 0 aliphatic heterocycles. The number of nitrogens with one attached hydrogen (secondary N) is 1. The number of thiophene rings is 1. The number of fused-ring (bicyclic) bond motifs is 2. The average molecular weight is 449 g/mol. The van der Waals surface area contributed by atoms with Crippen molar-refractivity contribution in [3.8, 4) is 16.3 Å². The fourth-order valence-corrected chi connectivity index (χ4v) is 6.53. The molecule has 1 aliphatic carbocycles. The minimum absolute atomic E-state index is 0.0126. The first kappa shape index (κ1) is 20.2. The summed E-state index contributed by atoms with van der Waals surface area (Å²) in [6, 6.07) is 15.9. The van der Waals surface area contributed by atoms with Gasteiger partial charge in [-0.05, 0) is 61.9 Å². The Morgan fingerprint density at radius 1 is 1.16 bits per heavy atom. The van der Waals surface area contributed by atoms with E-state index in [-0.39, 0.29) is 12.5 Å². The second-order valence-corrected chi connectivity index (χ2v) is 10.3. The Labute approximate surface area is 189 Å². The van der Waals surface area contributed by atoms with Gasteiger partial charge >= 0.3 is 0 Å². The molecule has 1 N–H and O–H groups in total. The molecule has 5 rings (SSSR count). The number of amides is 1. The minimum atomic E-state index is -0.144. The Morgan fingerprint density at radius 3 is 2.77 bits per heavy atom. The van der Waals surface area contributed by atoms with Gasteiger partial charge in [0.25, 0.3) is 5.91 Å². The van der Waals surface area contributed by atoms with Gasteiger partial charge in [0.15, 0.2) is 6.61 Å². The quantitative estimate of drug-likeness (QED) is 0.380. The molecule has 1 unspecified atom stereocenters. The summed E-state index contributed by atoms with van der Waals surface area (Å²) in [6.45, 7) is 4.31. The summed E-state index contributed by atoms with van der Waals surface area (Å²) in [4.78, 5) is 19.0. The molecule has 0 bridgehead atoms. The van der Waals surface area contributed by atoms with E-state index in [1.54, 1.807) is 22.7 Å². The van der Waals surface area contributed by atoms with E-state index in [2.05, 4.69) is 18.3 Å². The molecule has 4 nitrogen and oxygen atoms in total. The summed E-state index contributed by atoms with van der Waals surface area (Å²) in [6.07, 6.45) is 3.27. The number of aryl methyl sites for hydroxylation is 1. The van der Waals surface area contributed by atoms with Crippen molar-refractivity contribution in [2.45, 2.75) is 33.1 Å². The van der Waals surface area contributed by atoms with E-state index in [1.165, 1.54) is 21.6 Å². The lowest BCUT2D eigenvalue weighted by molar-refractivity contribution is -0.118. The maximum atomic E-state index is 12.7. The van der Waals surface area contributed by atoms with Crippen LogP contribution in [0.1, 0.15) is 29.3 Å². The summed E-state index contributed by atoms with van der Waals surface area (Å²) in [5, 5.41) is 5.02. The number of rotatable bonds is 5. The Hall–Kier alpha value is -2.70. The van der Waals surface area contributed by atoms with Crippen molar-refractivity contribution in [2.24, 2.45) is 5.92 Å². The van der Waals surface area contributed by atoms with Gasteiger partial charge in [-0.15, -0.1) is 22.7 Å². The van der Waals surface area contributed by atoms with Gasteiger partial charge in [-0.25, -0.2) is 4.98 Å². The Balaban J connectivity index is 1.43. The Bertz CT molecular complexity index is 1210. The zero-order valence-corrected chi connectivity index (χ0v) is 19.2. The number of ether oxygens (including phenoxy) is 1. The van der Waals surface area contributed by atoms with Gasteiger partial charge in [0.1, 0.15) is 15.8 Å². The van der Waals surface area contributed by atoms with E-state index < -0.39 is 0 Å². The van der Waals surface area contributed by atoms with Gasteiger partial charge in [0.2, 0.25) is 0 Å². The highest BCUT2D eigenvalue weighted by atomic mass is 32.1. The molecular formula is C25H24N2O2S2. The normalized spacial score (nSPS) is 15.6. The van der Waals surface area contributed by atoms with Gasteiger partial charge in [-0.3, -0.25) is 4.79 Å². The van der Waals surface area contributed by atoms with Crippen molar-refractivity contribution in [1.29, 1.82) is 0 Å². The van der Waals surface area contributed by atoms with E-state index in [1.807, 2.05) is 49.4 Å². The van der Waals surface area contributed by atoms with Crippen LogP contribution in [0.25, 0.3) is 20.8 Å². The number of thiazole rings is 1. The van der Waals surface area contributed by atoms with Gasteiger partial charge < -0.3 is 10.1 Å². The van der Waals surface area contributed by atoms with Crippen LogP contribution in [-0.4, -0.2) is 17.5 Å². The fraction of sp³-hybridized carbons (Fsp3) is 0.280. The predicted octanol–water partition coefficient (Wildman–Crippen LogP) is 6.48. The lowest BCUT2D eigenvalue weighted by atomic mass is 9.88. The number of benzene rings is 2. The molecule has 2 aromatic heterocycles. The van der Waals surface area contributed by atoms with E-state index in [4.69, 9.17) is 9.72 Å². The van der Waals surface area contributed by atoms with Crippen LogP contribution in [0, 0.1) is 12.8 Å². The van der Waals surface area contributed by atoms with Crippen LogP contribution in [0.15, 0.2) is 48.5 Å². The van der Waals surface area contributed by atoms with E-state index in [0.717, 1.165) is 39.5 Å². The summed E-state index contributed by atoms with van der Waals surface area (Å²) in [7, 11) is 0. The number of carbonyl (C=O) groups is 1. The molecule has 0 spiro atoms. The average Bonchev–Trinajstić information content (AvgIpc) is 3.33. The third-order valence-electron chi connectivity index (χ3n) is 5.66. The maximum Gasteiger partial charge on any atom is 0.262 e. The predicted molar refractivity (Wildman–Crippen MR) is 129 cm³/mol. The molecule has 4 aromatic rings. The monoisotopic (exact) mass is 448 g/mol. The molecule has 0 radical (unpaired) electrons. The molecule has 0 fully saturated rings. The summed E-state index contributed by atoms with van der Waals surface area (Å²) in [5.74, 6) is 1.23. The standard InChI is InChI=1S/C25H24N2O2S2/c1-15-7-10-17(11-8-15)29-14-22(28)27-25-23(18-12-9-16(2)13-21(18)31-25)24-26-19-5-3-4-6-20(19)30-24/h3-8,10-11,16H,9,12-14H2,1-2H3,(H,27,28). The molecule has 158 valence electrons. The number of anilines is 1. The first-order valence-electron chi connectivity index (χ1n) is 10.6. The largest absolute Gasteiger partial charge is 0.484 e. The lowest BCUT2D eigenvalue weighted by Gasteiger charge is -2.18. The van der Waals surface area contributed by atoms with Crippen LogP contribution in [0.5, 0.6) is 5.75 Å². The maximum absolute atomic E-state index is 12.7. The van der Waals surface area contributed by atoms with Crippen LogP contribution < -0.4 is 10.1 Å². The second-order valence-electron chi connectivity index (χ2n) is 8.19. The second kappa shape index (κ2) is 8.44. The zero-order valence-electron chi connectivity index (χ0n) is 17.6. The first-order valence-corrected chi connectivity index (χ1v) is 12.2. The fourth-order valence-electron chi connectivity index (χ4n) is 3.99. The number of hydrogen-bond acceptors (Lipinski definition) is 5. The molecule has 0 saturated carbocycles. The van der Waals surface area contributed by atoms with E-state index >= 15 is 0 Å². The molecule has 31 heavy (non-hydrogen) atoms. The molecule has 1 amide bonds. The molecular weight excluding hydrogens is 424 g/mol. The number of para-hydroxylation sites is 1. The van der Waals surface area contributed by atoms with E-state index in [0.29, 0.717) is 11.7 Å². The lowest BCUT2D eigenvalue weighted by Crippen LogP contribution is -2.20. The Morgan fingerprint density at radius 2 is 1.97 bits per heavy atom. The summed E-state index contributed by atoms with van der Waals surface area (Å²) >= 11 is 3.40. The molecule has 2 aromatic carbocycles. The topological polar surface area (TPSA) is 51.2 Å². The van der Waals surface area contributed by atoms with Gasteiger partial charge in [0, 0.05) is 10.4 Å². The highest BCUT2D eigenvalue weighted by Crippen LogP contribution is 2.47. The van der Waals surface area contributed by atoms with Crippen molar-refractivity contribution in [3.05, 3.63) is 64.5 Å². The van der Waals surface area contributed by atoms with Crippen LogP contribution >= 0.6 is 22.7 Å². The SMILES string of the molecule is Cc1ccc(OCC(=O)Nc2sc3c(c2-c2nc4ccccc4s2)CCC(C)C3)cc1. The Kier molecular flexibility index (Phi) is 5.50. The van der Waals surface area contributed by atoms with Crippen LogP contribution in [0.4, 0.5) is 5.00 Å². The number of aromatic nitrogens is 1. The highest BCUT2D eigenvalue weighted by Gasteiger charge is 2.27. The number of hydrogen-bond donors (Lipinski definition) is 1. The third kappa shape index (κ3) is 4.23. The van der Waals surface area contributed by atoms with Gasteiger partial charge in [-0.2, -0.15) is 0 Å². The summed E-state index contributed by atoms with van der Waals surface area (Å²) in [5.41, 5.74) is 4.64. The molecule has 0 saturated heterocycles. The number of nitrogens with zero attached hydrogens (tertiary/aromatic N) is 1. The number of carbonyl (C=O) groups excluding carboxylic acids is 1. The summed E-state index contributed by atoms with van der Waals surface area (Å²) < 4.78 is 6.86. The van der Waals surface area contributed by atoms with Crippen molar-refractivity contribution < 1.29 is 9.53 Å². The molecule has 6 heteroatoms. The minimum Gasteiger partial charge on any atom is -0.484 e. The van der Waals surface area contributed by atoms with Gasteiger partial charge in [0.05, 0.1) is 10.2 Å². The molecule has 1 atom stereocenters. The smallest absolute Gasteiger partial charge is 0.262 e. The van der Waals surface area contributed by atoms with Crippen LogP contribution in [0.2, 0.25) is 0 Å². The third-order valence-corrected chi connectivity index (χ3v) is 7.89. The van der Waals surface area contributed by atoms with E-state index in [9.17, 15) is 4.79 Å². The van der Waals surface area contributed by atoms with Crippen molar-refractivity contribution in [1.82, 2.24) is 4.98 Å². The van der Waals surface area contributed by atoms with Crippen molar-refractivity contribution in [2.75, 3.05) is 11.9 Å². The molecule has 1 aliphatic rings.